The molecule has 1 rings (SSSR count). The molecule has 0 saturated heterocycles. The van der Waals surface area contributed by atoms with Gasteiger partial charge in [-0.05, 0) is 6.07 Å². The predicted octanol–water partition coefficient (Wildman–Crippen LogP) is 1.99. The molecule has 0 unspecified atom stereocenters. The molecular weight excluding hydrogens is 282 g/mol. The fourth-order valence-corrected chi connectivity index (χ4v) is 1.69. The van der Waals surface area contributed by atoms with Crippen molar-refractivity contribution < 1.29 is 22.6 Å². The average Bonchev–Trinajstić information content (AvgIpc) is 2.27. The molecule has 9 heteroatoms. The van der Waals surface area contributed by atoms with Crippen molar-refractivity contribution >= 4 is 22.2 Å². The number of ether oxygens (including phenoxy) is 1. The van der Waals surface area contributed by atoms with Crippen LogP contribution < -0.4 is 10.1 Å². The highest BCUT2D eigenvalue weighted by Gasteiger charge is 2.18. The molecule has 1 N–H and O–H groups in total. The smallest absolute Gasteiger partial charge is 0.387 e. The van der Waals surface area contributed by atoms with E-state index in [0.29, 0.717) is 18.0 Å². The number of nitro benzene ring substituents is 1. The van der Waals surface area contributed by atoms with Crippen LogP contribution in [0.4, 0.5) is 20.2 Å². The summed E-state index contributed by atoms with van der Waals surface area (Å²) in [6.45, 7) is -2.79. The van der Waals surface area contributed by atoms with Crippen LogP contribution in [0.5, 0.6) is 5.75 Å². The van der Waals surface area contributed by atoms with Crippen molar-refractivity contribution in [2.45, 2.75) is 6.61 Å². The quantitative estimate of drug-likeness (QED) is 0.614. The van der Waals surface area contributed by atoms with Gasteiger partial charge in [0, 0.05) is 47.2 Å². The molecule has 0 radical (unpaired) electrons. The van der Waals surface area contributed by atoms with E-state index < -0.39 is 33.8 Å². The first-order chi connectivity index (χ1) is 8.90. The number of hydrogen-bond acceptors (Lipinski definition) is 5. The monoisotopic (exact) mass is 294 g/mol. The largest absolute Gasteiger partial charge is 0.427 e. The summed E-state index contributed by atoms with van der Waals surface area (Å²) in [5, 5.41) is 13.5. The Morgan fingerprint density at radius 2 is 2.21 bits per heavy atom. The van der Waals surface area contributed by atoms with Gasteiger partial charge in [-0.3, -0.25) is 14.3 Å². The third kappa shape index (κ3) is 5.16. The van der Waals surface area contributed by atoms with Crippen molar-refractivity contribution in [1.82, 2.24) is 0 Å². The van der Waals surface area contributed by atoms with Crippen LogP contribution in [0.15, 0.2) is 18.2 Å². The number of anilines is 1. The highest BCUT2D eigenvalue weighted by molar-refractivity contribution is 7.84. The number of alkyl halides is 2. The zero-order chi connectivity index (χ0) is 14.4. The summed E-state index contributed by atoms with van der Waals surface area (Å²) in [5.74, 6) is -0.134. The second-order valence-electron chi connectivity index (χ2n) is 3.52. The van der Waals surface area contributed by atoms with Crippen molar-refractivity contribution in [3.63, 3.8) is 0 Å². The summed E-state index contributed by atoms with van der Waals surface area (Å²) < 4.78 is 39.2. The molecule has 0 fully saturated rings. The predicted molar refractivity (Wildman–Crippen MR) is 67.2 cm³/mol. The van der Waals surface area contributed by atoms with E-state index >= 15 is 0 Å². The Labute approximate surface area is 110 Å². The van der Waals surface area contributed by atoms with Crippen LogP contribution in [0.3, 0.4) is 0 Å². The van der Waals surface area contributed by atoms with Crippen LogP contribution in [-0.2, 0) is 10.8 Å². The first-order valence-corrected chi connectivity index (χ1v) is 6.90. The molecule has 106 valence electrons. The maximum Gasteiger partial charge on any atom is 0.387 e. The molecule has 0 aliphatic rings. The van der Waals surface area contributed by atoms with Gasteiger partial charge in [0.05, 0.1) is 4.92 Å². The van der Waals surface area contributed by atoms with Gasteiger partial charge in [-0.15, -0.1) is 0 Å². The van der Waals surface area contributed by atoms with E-state index in [9.17, 15) is 23.1 Å². The van der Waals surface area contributed by atoms with E-state index in [0.717, 1.165) is 12.1 Å². The molecule has 1 aromatic carbocycles. The SMILES string of the molecule is C[S@](=O)CCNc1ccc([N+](=O)[O-])c(OC(F)F)c1. The molecule has 0 spiro atoms. The molecule has 19 heavy (non-hydrogen) atoms. The summed E-state index contributed by atoms with van der Waals surface area (Å²) in [6.07, 6.45) is 1.53. The number of benzene rings is 1. The molecule has 0 aliphatic carbocycles. The number of nitrogens with one attached hydrogen (secondary N) is 1. The number of nitro groups is 1. The Kier molecular flexibility index (Phi) is 5.61. The molecule has 0 amide bonds. The summed E-state index contributed by atoms with van der Waals surface area (Å²) in [4.78, 5) is 9.83. The summed E-state index contributed by atoms with van der Waals surface area (Å²) in [6, 6.07) is 3.56. The lowest BCUT2D eigenvalue weighted by Crippen LogP contribution is -2.10. The number of nitrogens with zero attached hydrogens (tertiary/aromatic N) is 1. The van der Waals surface area contributed by atoms with E-state index in [1.54, 1.807) is 0 Å². The Hall–Kier alpha value is -1.77. The first kappa shape index (κ1) is 15.3. The minimum Gasteiger partial charge on any atom is -0.427 e. The molecule has 0 bridgehead atoms. The lowest BCUT2D eigenvalue weighted by Gasteiger charge is -2.09. The molecule has 6 nitrogen and oxygen atoms in total. The normalized spacial score (nSPS) is 12.2. The molecular formula is C10H12F2N2O4S. The van der Waals surface area contributed by atoms with E-state index in [4.69, 9.17) is 0 Å². The van der Waals surface area contributed by atoms with Crippen LogP contribution in [0.25, 0.3) is 0 Å². The molecule has 1 atom stereocenters. The number of halogens is 2. The van der Waals surface area contributed by atoms with Gasteiger partial charge in [0.2, 0.25) is 5.75 Å². The highest BCUT2D eigenvalue weighted by atomic mass is 32.2. The van der Waals surface area contributed by atoms with Crippen molar-refractivity contribution in [3.8, 4) is 5.75 Å². The first-order valence-electron chi connectivity index (χ1n) is 5.17. The van der Waals surface area contributed by atoms with Crippen LogP contribution in [0.1, 0.15) is 0 Å². The Morgan fingerprint density at radius 1 is 1.53 bits per heavy atom. The van der Waals surface area contributed by atoms with Crippen LogP contribution in [0, 0.1) is 10.1 Å². The van der Waals surface area contributed by atoms with E-state index in [1.165, 1.54) is 12.3 Å². The van der Waals surface area contributed by atoms with Gasteiger partial charge in [-0.1, -0.05) is 0 Å². The van der Waals surface area contributed by atoms with Crippen molar-refractivity contribution in [1.29, 1.82) is 0 Å². The van der Waals surface area contributed by atoms with Gasteiger partial charge < -0.3 is 10.1 Å². The minimum atomic E-state index is -3.14. The molecule has 0 saturated carbocycles. The van der Waals surface area contributed by atoms with Gasteiger partial charge in [-0.2, -0.15) is 8.78 Å². The summed E-state index contributed by atoms with van der Waals surface area (Å²) in [7, 11) is -0.987. The zero-order valence-electron chi connectivity index (χ0n) is 9.97. The number of hydrogen-bond donors (Lipinski definition) is 1. The second kappa shape index (κ2) is 6.98. The topological polar surface area (TPSA) is 81.5 Å². The van der Waals surface area contributed by atoms with Crippen LogP contribution in [0.2, 0.25) is 0 Å². The highest BCUT2D eigenvalue weighted by Crippen LogP contribution is 2.31. The Morgan fingerprint density at radius 3 is 2.74 bits per heavy atom. The third-order valence-electron chi connectivity index (χ3n) is 2.09. The average molecular weight is 294 g/mol. The van der Waals surface area contributed by atoms with Crippen LogP contribution >= 0.6 is 0 Å². The molecule has 1 aromatic rings. The molecule has 0 aromatic heterocycles. The second-order valence-corrected chi connectivity index (χ2v) is 5.08. The summed E-state index contributed by atoms with van der Waals surface area (Å²) in [5.41, 5.74) is -0.156. The Bertz CT molecular complexity index is 485. The van der Waals surface area contributed by atoms with Crippen molar-refractivity contribution in [2.24, 2.45) is 0 Å². The number of rotatable bonds is 7. The summed E-state index contributed by atoms with van der Waals surface area (Å²) >= 11 is 0. The van der Waals surface area contributed by atoms with E-state index in [2.05, 4.69) is 10.1 Å². The maximum atomic E-state index is 12.1. The van der Waals surface area contributed by atoms with E-state index in [-0.39, 0.29) is 0 Å². The lowest BCUT2D eigenvalue weighted by atomic mass is 10.2. The van der Waals surface area contributed by atoms with Crippen molar-refractivity contribution in [2.75, 3.05) is 23.9 Å². The minimum absolute atomic E-state index is 0.356. The third-order valence-corrected chi connectivity index (χ3v) is 2.87. The van der Waals surface area contributed by atoms with Gasteiger partial charge in [-0.25, -0.2) is 0 Å². The lowest BCUT2D eigenvalue weighted by molar-refractivity contribution is -0.386. The van der Waals surface area contributed by atoms with Crippen LogP contribution in [-0.4, -0.2) is 34.3 Å². The van der Waals surface area contributed by atoms with Gasteiger partial charge >= 0.3 is 12.3 Å². The molecule has 0 heterocycles. The standard InChI is InChI=1S/C10H12F2N2O4S/c1-19(17)5-4-13-7-2-3-8(14(15)16)9(6-7)18-10(11)12/h2-3,6,10,13H,4-5H2,1H3/t19-/m0/s1. The van der Waals surface area contributed by atoms with Crippen molar-refractivity contribution in [3.05, 3.63) is 28.3 Å². The van der Waals surface area contributed by atoms with Gasteiger partial charge in [0.25, 0.3) is 0 Å². The zero-order valence-corrected chi connectivity index (χ0v) is 10.8. The Balaban J connectivity index is 2.85. The maximum absolute atomic E-state index is 12.1. The van der Waals surface area contributed by atoms with E-state index in [1.807, 2.05) is 0 Å². The van der Waals surface area contributed by atoms with Gasteiger partial charge in [0.1, 0.15) is 0 Å². The fraction of sp³-hybridized carbons (Fsp3) is 0.400. The van der Waals surface area contributed by atoms with Gasteiger partial charge in [0.15, 0.2) is 0 Å². The fourth-order valence-electron chi connectivity index (χ4n) is 1.30. The molecule has 0 aliphatic heterocycles.